The second kappa shape index (κ2) is 8.40. The number of likely N-dealkylation sites (tertiary alicyclic amines) is 2. The van der Waals surface area contributed by atoms with Crippen molar-refractivity contribution in [1.82, 2.24) is 9.80 Å². The van der Waals surface area contributed by atoms with Gasteiger partial charge in [0.25, 0.3) is 0 Å². The molecule has 2 aliphatic rings. The zero-order valence-electron chi connectivity index (χ0n) is 15.7. The number of methoxy groups -OCH3 is 1. The number of amides is 3. The first kappa shape index (κ1) is 19.2. The molecule has 1 atom stereocenters. The highest BCUT2D eigenvalue weighted by molar-refractivity contribution is 5.89. The molecule has 2 aliphatic heterocycles. The number of nitrogens with one attached hydrogen (secondary N) is 1. The van der Waals surface area contributed by atoms with Gasteiger partial charge in [-0.05, 0) is 37.5 Å². The van der Waals surface area contributed by atoms with Crippen molar-refractivity contribution >= 4 is 17.6 Å². The maximum absolute atomic E-state index is 12.7. The normalized spacial score (nSPS) is 22.6. The Morgan fingerprint density at radius 3 is 3.00 bits per heavy atom. The second-order valence-corrected chi connectivity index (χ2v) is 7.46. The van der Waals surface area contributed by atoms with E-state index in [0.717, 1.165) is 19.3 Å². The van der Waals surface area contributed by atoms with Crippen molar-refractivity contribution in [2.24, 2.45) is 5.41 Å². The third-order valence-corrected chi connectivity index (χ3v) is 5.51. The van der Waals surface area contributed by atoms with E-state index in [1.807, 2.05) is 9.80 Å². The van der Waals surface area contributed by atoms with Crippen molar-refractivity contribution in [2.45, 2.75) is 25.7 Å². The van der Waals surface area contributed by atoms with Crippen molar-refractivity contribution in [3.8, 4) is 6.07 Å². The van der Waals surface area contributed by atoms with E-state index in [1.54, 1.807) is 31.4 Å². The van der Waals surface area contributed by atoms with E-state index in [4.69, 9.17) is 10.00 Å². The summed E-state index contributed by atoms with van der Waals surface area (Å²) in [5, 5.41) is 11.9. The molecule has 0 saturated carbocycles. The van der Waals surface area contributed by atoms with Gasteiger partial charge in [-0.2, -0.15) is 5.26 Å². The van der Waals surface area contributed by atoms with Crippen molar-refractivity contribution < 1.29 is 14.3 Å². The van der Waals surface area contributed by atoms with Crippen LogP contribution in [0.2, 0.25) is 0 Å². The molecule has 0 aromatic heterocycles. The Morgan fingerprint density at radius 1 is 1.37 bits per heavy atom. The quantitative estimate of drug-likeness (QED) is 0.882. The molecule has 3 amide bonds. The van der Waals surface area contributed by atoms with Crippen LogP contribution in [0, 0.1) is 16.7 Å². The first-order chi connectivity index (χ1) is 13.0. The summed E-state index contributed by atoms with van der Waals surface area (Å²) in [4.78, 5) is 28.7. The van der Waals surface area contributed by atoms with E-state index in [-0.39, 0.29) is 17.4 Å². The first-order valence-corrected chi connectivity index (χ1v) is 9.38. The fraction of sp³-hybridized carbons (Fsp3) is 0.550. The van der Waals surface area contributed by atoms with E-state index in [1.165, 1.54) is 0 Å². The lowest BCUT2D eigenvalue weighted by atomic mass is 9.73. The maximum atomic E-state index is 12.7. The smallest absolute Gasteiger partial charge is 0.321 e. The Morgan fingerprint density at radius 2 is 2.22 bits per heavy atom. The number of carbonyl (C=O) groups excluding carboxylic acids is 2. The van der Waals surface area contributed by atoms with Gasteiger partial charge < -0.3 is 19.9 Å². The summed E-state index contributed by atoms with van der Waals surface area (Å²) in [6.07, 6.45) is 3.31. The summed E-state index contributed by atoms with van der Waals surface area (Å²) in [7, 11) is 1.64. The zero-order valence-corrected chi connectivity index (χ0v) is 15.7. The number of hydrogen-bond acceptors (Lipinski definition) is 4. The van der Waals surface area contributed by atoms with Crippen LogP contribution >= 0.6 is 0 Å². The van der Waals surface area contributed by atoms with Gasteiger partial charge in [-0.1, -0.05) is 6.07 Å². The molecular formula is C20H26N4O3. The number of hydrogen-bond donors (Lipinski definition) is 1. The Bertz CT molecular complexity index is 745. The molecule has 2 fully saturated rings. The summed E-state index contributed by atoms with van der Waals surface area (Å²) in [5.74, 6) is 0.174. The van der Waals surface area contributed by atoms with Crippen molar-refractivity contribution in [2.75, 3.05) is 45.2 Å². The minimum Gasteiger partial charge on any atom is -0.383 e. The van der Waals surface area contributed by atoms with Gasteiger partial charge >= 0.3 is 6.03 Å². The standard InChI is InChI=1S/C20H26N4O3/c1-27-11-10-23-14-20(8-6-18(23)25)7-3-9-24(15-20)19(26)22-17-5-2-4-16(12-17)13-21/h2,4-5,12H,3,6-11,14-15H2,1H3,(H,22,26)/t20-/m1/s1. The monoisotopic (exact) mass is 370 g/mol. The molecule has 7 nitrogen and oxygen atoms in total. The van der Waals surface area contributed by atoms with E-state index in [9.17, 15) is 9.59 Å². The fourth-order valence-electron chi connectivity index (χ4n) is 4.09. The number of urea groups is 1. The molecule has 3 rings (SSSR count). The number of piperidine rings is 2. The molecule has 7 heteroatoms. The molecule has 0 unspecified atom stereocenters. The highest BCUT2D eigenvalue weighted by atomic mass is 16.5. The predicted octanol–water partition coefficient (Wildman–Crippen LogP) is 2.44. The molecule has 0 radical (unpaired) electrons. The molecule has 2 saturated heterocycles. The fourth-order valence-corrected chi connectivity index (χ4v) is 4.09. The zero-order chi connectivity index (χ0) is 19.3. The van der Waals surface area contributed by atoms with Crippen LogP contribution < -0.4 is 5.32 Å². The molecule has 1 aromatic rings. The van der Waals surface area contributed by atoms with Gasteiger partial charge in [0, 0.05) is 50.8 Å². The lowest BCUT2D eigenvalue weighted by molar-refractivity contribution is -0.139. The van der Waals surface area contributed by atoms with E-state index < -0.39 is 0 Å². The summed E-state index contributed by atoms with van der Waals surface area (Å²) in [6.45, 7) is 3.17. The van der Waals surface area contributed by atoms with Crippen LogP contribution in [0.15, 0.2) is 24.3 Å². The highest BCUT2D eigenvalue weighted by Crippen LogP contribution is 2.39. The summed E-state index contributed by atoms with van der Waals surface area (Å²) in [5.41, 5.74) is 1.10. The molecule has 1 N–H and O–H groups in total. The first-order valence-electron chi connectivity index (χ1n) is 9.38. The predicted molar refractivity (Wildman–Crippen MR) is 101 cm³/mol. The van der Waals surface area contributed by atoms with E-state index in [0.29, 0.717) is 50.5 Å². The summed E-state index contributed by atoms with van der Waals surface area (Å²) in [6, 6.07) is 8.85. The Labute approximate surface area is 159 Å². The van der Waals surface area contributed by atoms with Crippen LogP contribution in [-0.4, -0.2) is 61.6 Å². The lowest BCUT2D eigenvalue weighted by Crippen LogP contribution is -2.56. The number of rotatable bonds is 4. The number of ether oxygens (including phenoxy) is 1. The highest BCUT2D eigenvalue weighted by Gasteiger charge is 2.42. The average molecular weight is 370 g/mol. The van der Waals surface area contributed by atoms with Crippen LogP contribution in [0.3, 0.4) is 0 Å². The van der Waals surface area contributed by atoms with Gasteiger partial charge in [0.15, 0.2) is 0 Å². The van der Waals surface area contributed by atoms with Crippen molar-refractivity contribution in [3.63, 3.8) is 0 Å². The molecule has 0 bridgehead atoms. The third-order valence-electron chi connectivity index (χ3n) is 5.51. The Kier molecular flexibility index (Phi) is 5.97. The van der Waals surface area contributed by atoms with E-state index >= 15 is 0 Å². The van der Waals surface area contributed by atoms with Crippen LogP contribution in [0.5, 0.6) is 0 Å². The van der Waals surface area contributed by atoms with Gasteiger partial charge in [0.1, 0.15) is 0 Å². The van der Waals surface area contributed by atoms with Crippen LogP contribution in [-0.2, 0) is 9.53 Å². The minimum atomic E-state index is -0.149. The largest absolute Gasteiger partial charge is 0.383 e. The van der Waals surface area contributed by atoms with Gasteiger partial charge in [0.2, 0.25) is 5.91 Å². The maximum Gasteiger partial charge on any atom is 0.321 e. The number of anilines is 1. The average Bonchev–Trinajstić information content (AvgIpc) is 2.69. The second-order valence-electron chi connectivity index (χ2n) is 7.46. The Hall–Kier alpha value is -2.59. The topological polar surface area (TPSA) is 85.7 Å². The SMILES string of the molecule is COCCN1C[C@@]2(CCCN(C(=O)Nc3cccc(C#N)c3)C2)CCC1=O. The van der Waals surface area contributed by atoms with Gasteiger partial charge in [0.05, 0.1) is 18.2 Å². The van der Waals surface area contributed by atoms with Crippen LogP contribution in [0.25, 0.3) is 0 Å². The number of benzene rings is 1. The molecule has 1 spiro atoms. The minimum absolute atomic E-state index is 0.0360. The van der Waals surface area contributed by atoms with Crippen molar-refractivity contribution in [3.05, 3.63) is 29.8 Å². The van der Waals surface area contributed by atoms with Crippen LogP contribution in [0.4, 0.5) is 10.5 Å². The Balaban J connectivity index is 1.65. The van der Waals surface area contributed by atoms with E-state index in [2.05, 4.69) is 11.4 Å². The molecule has 0 aliphatic carbocycles. The molecule has 1 aromatic carbocycles. The number of nitriles is 1. The third kappa shape index (κ3) is 4.58. The van der Waals surface area contributed by atoms with Gasteiger partial charge in [-0.15, -0.1) is 0 Å². The number of nitrogens with zero attached hydrogens (tertiary/aromatic N) is 3. The van der Waals surface area contributed by atoms with Gasteiger partial charge in [-0.25, -0.2) is 4.79 Å². The molecule has 2 heterocycles. The molecule has 27 heavy (non-hydrogen) atoms. The van der Waals surface area contributed by atoms with Crippen molar-refractivity contribution in [1.29, 1.82) is 5.26 Å². The molecule has 144 valence electrons. The lowest BCUT2D eigenvalue weighted by Gasteiger charge is -2.48. The van der Waals surface area contributed by atoms with Gasteiger partial charge in [-0.3, -0.25) is 4.79 Å². The summed E-state index contributed by atoms with van der Waals surface area (Å²) < 4.78 is 5.12. The summed E-state index contributed by atoms with van der Waals surface area (Å²) >= 11 is 0. The van der Waals surface area contributed by atoms with Crippen LogP contribution in [0.1, 0.15) is 31.2 Å². The molecular weight excluding hydrogens is 344 g/mol. The number of carbonyl (C=O) groups is 2.